The predicted octanol–water partition coefficient (Wildman–Crippen LogP) is 2.40. The molecule has 154 valence electrons. The average molecular weight is 492 g/mol. The fourth-order valence-electron chi connectivity index (χ4n) is 3.22. The fraction of sp³-hybridized carbons (Fsp3) is 0.684. The van der Waals surface area contributed by atoms with Gasteiger partial charge in [-0.2, -0.15) is 0 Å². The Hall–Kier alpha value is -1.29. The maximum atomic E-state index is 11.3. The van der Waals surface area contributed by atoms with Crippen LogP contribution in [0, 0.1) is 5.92 Å². The number of halogens is 1. The van der Waals surface area contributed by atoms with Gasteiger partial charge in [0, 0.05) is 52.2 Å². The summed E-state index contributed by atoms with van der Waals surface area (Å²) < 4.78 is 10.8. The average Bonchev–Trinajstić information content (AvgIpc) is 3.13. The zero-order chi connectivity index (χ0) is 18.6. The minimum atomic E-state index is -0.224. The lowest BCUT2D eigenvalue weighted by molar-refractivity contribution is -0.119. The van der Waals surface area contributed by atoms with Crippen molar-refractivity contribution >= 4 is 35.8 Å². The third-order valence-electron chi connectivity index (χ3n) is 4.46. The third kappa shape index (κ3) is 9.46. The van der Waals surface area contributed by atoms with Gasteiger partial charge in [0.05, 0.1) is 6.26 Å². The van der Waals surface area contributed by atoms with Crippen LogP contribution in [0.5, 0.6) is 0 Å². The molecular formula is C19H33IN4O3. The Morgan fingerprint density at radius 3 is 3.07 bits per heavy atom. The number of likely N-dealkylation sites (tertiary alicyclic amines) is 1. The van der Waals surface area contributed by atoms with Crippen molar-refractivity contribution in [2.24, 2.45) is 16.6 Å². The monoisotopic (exact) mass is 492 g/mol. The van der Waals surface area contributed by atoms with Gasteiger partial charge in [-0.05, 0) is 44.2 Å². The number of primary amides is 1. The molecule has 7 nitrogen and oxygen atoms in total. The van der Waals surface area contributed by atoms with E-state index in [4.69, 9.17) is 19.9 Å². The maximum absolute atomic E-state index is 11.3. The lowest BCUT2D eigenvalue weighted by Gasteiger charge is -2.34. The zero-order valence-corrected chi connectivity index (χ0v) is 18.5. The highest BCUT2D eigenvalue weighted by Gasteiger charge is 2.23. The van der Waals surface area contributed by atoms with Crippen LogP contribution in [0.1, 0.15) is 38.4 Å². The molecule has 1 atom stereocenters. The molecule has 2 heterocycles. The largest absolute Gasteiger partial charge is 0.469 e. The molecule has 2 rings (SSSR count). The van der Waals surface area contributed by atoms with Crippen molar-refractivity contribution in [3.8, 4) is 0 Å². The van der Waals surface area contributed by atoms with Crippen LogP contribution in [-0.4, -0.2) is 56.2 Å². The van der Waals surface area contributed by atoms with Gasteiger partial charge in [-0.1, -0.05) is 0 Å². The van der Waals surface area contributed by atoms with Crippen LogP contribution in [-0.2, 0) is 16.0 Å². The van der Waals surface area contributed by atoms with E-state index in [-0.39, 0.29) is 29.9 Å². The predicted molar refractivity (Wildman–Crippen MR) is 117 cm³/mol. The Morgan fingerprint density at radius 2 is 2.37 bits per heavy atom. The van der Waals surface area contributed by atoms with E-state index in [1.54, 1.807) is 6.26 Å². The van der Waals surface area contributed by atoms with Crippen molar-refractivity contribution in [1.29, 1.82) is 0 Å². The quantitative estimate of drug-likeness (QED) is 0.227. The molecule has 8 heteroatoms. The number of rotatable bonds is 10. The van der Waals surface area contributed by atoms with Gasteiger partial charge in [0.1, 0.15) is 5.76 Å². The van der Waals surface area contributed by atoms with E-state index in [9.17, 15) is 4.79 Å². The molecule has 1 fully saturated rings. The summed E-state index contributed by atoms with van der Waals surface area (Å²) in [5, 5.41) is 3.45. The molecule has 0 saturated carbocycles. The molecule has 27 heavy (non-hydrogen) atoms. The normalized spacial score (nSPS) is 17.4. The van der Waals surface area contributed by atoms with Crippen LogP contribution >= 0.6 is 24.0 Å². The molecule has 0 radical (unpaired) electrons. The second-order valence-corrected chi connectivity index (χ2v) is 6.64. The molecule has 1 aliphatic heterocycles. The second kappa shape index (κ2) is 13.8. The van der Waals surface area contributed by atoms with Crippen molar-refractivity contribution in [2.75, 3.05) is 39.4 Å². The van der Waals surface area contributed by atoms with Gasteiger partial charge >= 0.3 is 0 Å². The first-order valence-corrected chi connectivity index (χ1v) is 9.60. The van der Waals surface area contributed by atoms with E-state index in [2.05, 4.69) is 10.2 Å². The number of aliphatic imine (C=N–C) groups is 1. The van der Waals surface area contributed by atoms with Crippen molar-refractivity contribution < 1.29 is 13.9 Å². The Bertz CT molecular complexity index is 551. The van der Waals surface area contributed by atoms with Gasteiger partial charge in [0.25, 0.3) is 0 Å². The van der Waals surface area contributed by atoms with Crippen LogP contribution in [0.15, 0.2) is 27.8 Å². The van der Waals surface area contributed by atoms with E-state index in [1.807, 2.05) is 19.1 Å². The molecule has 1 saturated heterocycles. The number of nitrogens with one attached hydrogen (secondary N) is 1. The maximum Gasteiger partial charge on any atom is 0.217 e. The van der Waals surface area contributed by atoms with Crippen molar-refractivity contribution in [3.05, 3.63) is 24.2 Å². The summed E-state index contributed by atoms with van der Waals surface area (Å²) in [6, 6.07) is 3.88. The summed E-state index contributed by atoms with van der Waals surface area (Å²) in [6.07, 6.45) is 5.94. The highest BCUT2D eigenvalue weighted by Crippen LogP contribution is 2.19. The first-order chi connectivity index (χ1) is 12.7. The summed E-state index contributed by atoms with van der Waals surface area (Å²) in [6.45, 7) is 6.71. The fourth-order valence-corrected chi connectivity index (χ4v) is 3.22. The van der Waals surface area contributed by atoms with Crippen LogP contribution in [0.4, 0.5) is 0 Å². The van der Waals surface area contributed by atoms with E-state index < -0.39 is 0 Å². The van der Waals surface area contributed by atoms with Crippen molar-refractivity contribution in [1.82, 2.24) is 10.2 Å². The summed E-state index contributed by atoms with van der Waals surface area (Å²) in [5.41, 5.74) is 5.38. The number of guanidine groups is 1. The lowest BCUT2D eigenvalue weighted by Crippen LogP contribution is -2.47. The summed E-state index contributed by atoms with van der Waals surface area (Å²) in [4.78, 5) is 18.3. The molecule has 1 unspecified atom stereocenters. The summed E-state index contributed by atoms with van der Waals surface area (Å²) >= 11 is 0. The van der Waals surface area contributed by atoms with E-state index in [0.717, 1.165) is 76.8 Å². The van der Waals surface area contributed by atoms with E-state index in [0.29, 0.717) is 12.3 Å². The molecule has 1 aromatic rings. The molecule has 0 aromatic carbocycles. The molecule has 0 aliphatic carbocycles. The minimum absolute atomic E-state index is 0. The van der Waals surface area contributed by atoms with Gasteiger partial charge in [-0.3, -0.25) is 9.79 Å². The number of piperidine rings is 1. The zero-order valence-electron chi connectivity index (χ0n) is 16.2. The van der Waals surface area contributed by atoms with E-state index >= 15 is 0 Å². The van der Waals surface area contributed by atoms with Crippen LogP contribution in [0.25, 0.3) is 0 Å². The molecule has 1 amide bonds. The topological polar surface area (TPSA) is 93.1 Å². The molecule has 1 aliphatic rings. The highest BCUT2D eigenvalue weighted by atomic mass is 127. The Labute approximate surface area is 179 Å². The molecule has 1 aromatic heterocycles. The van der Waals surface area contributed by atoms with Gasteiger partial charge in [-0.25, -0.2) is 0 Å². The first-order valence-electron chi connectivity index (χ1n) is 9.60. The lowest BCUT2D eigenvalue weighted by atomic mass is 9.95. The number of hydrogen-bond acceptors (Lipinski definition) is 4. The van der Waals surface area contributed by atoms with Gasteiger partial charge in [0.15, 0.2) is 5.96 Å². The summed E-state index contributed by atoms with van der Waals surface area (Å²) in [7, 11) is 0. The van der Waals surface area contributed by atoms with Gasteiger partial charge in [-0.15, -0.1) is 24.0 Å². The molecule has 3 N–H and O–H groups in total. The van der Waals surface area contributed by atoms with Crippen LogP contribution < -0.4 is 11.1 Å². The Morgan fingerprint density at radius 1 is 1.52 bits per heavy atom. The number of carbonyl (C=O) groups is 1. The smallest absolute Gasteiger partial charge is 0.217 e. The summed E-state index contributed by atoms with van der Waals surface area (Å²) in [5.74, 6) is 1.94. The SMILES string of the molecule is CCOCCCN=C(NCCc1ccco1)N1CCCC(CC(N)=O)C1.I. The standard InChI is InChI=1S/C19H32N4O3.HI/c1-2-25-12-5-9-21-19(22-10-8-17-7-4-13-26-17)23-11-3-6-16(15-23)14-18(20)24;/h4,7,13,16H,2-3,5-6,8-12,14-15H2,1H3,(H2,20,24)(H,21,22);1H. The number of amides is 1. The Kier molecular flexibility index (Phi) is 12.2. The third-order valence-corrected chi connectivity index (χ3v) is 4.46. The van der Waals surface area contributed by atoms with Crippen molar-refractivity contribution in [2.45, 2.75) is 39.0 Å². The molecule has 0 spiro atoms. The molecule has 0 bridgehead atoms. The van der Waals surface area contributed by atoms with Gasteiger partial charge in [0.2, 0.25) is 5.91 Å². The van der Waals surface area contributed by atoms with Crippen molar-refractivity contribution in [3.63, 3.8) is 0 Å². The number of nitrogens with two attached hydrogens (primary N) is 1. The second-order valence-electron chi connectivity index (χ2n) is 6.64. The molecular weight excluding hydrogens is 459 g/mol. The number of nitrogens with zero attached hydrogens (tertiary/aromatic N) is 2. The number of carbonyl (C=O) groups excluding carboxylic acids is 1. The Balaban J connectivity index is 0.00000364. The minimum Gasteiger partial charge on any atom is -0.469 e. The van der Waals surface area contributed by atoms with Gasteiger partial charge < -0.3 is 25.1 Å². The van der Waals surface area contributed by atoms with Crippen LogP contribution in [0.3, 0.4) is 0 Å². The van der Waals surface area contributed by atoms with E-state index in [1.165, 1.54) is 0 Å². The number of furan rings is 1. The number of hydrogen-bond donors (Lipinski definition) is 2. The first kappa shape index (κ1) is 23.7. The van der Waals surface area contributed by atoms with Crippen LogP contribution in [0.2, 0.25) is 0 Å². The highest BCUT2D eigenvalue weighted by molar-refractivity contribution is 14.0. The number of ether oxygens (including phenoxy) is 1.